The predicted octanol–water partition coefficient (Wildman–Crippen LogP) is 3.15. The van der Waals surface area contributed by atoms with Gasteiger partial charge in [-0.3, -0.25) is 4.79 Å². The fourth-order valence-corrected chi connectivity index (χ4v) is 3.75. The molecule has 2 N–H and O–H groups in total. The van der Waals surface area contributed by atoms with Gasteiger partial charge in [0.15, 0.2) is 0 Å². The number of nitrogens with zero attached hydrogens (tertiary/aromatic N) is 1. The summed E-state index contributed by atoms with van der Waals surface area (Å²) in [6.45, 7) is 3.91. The molecular weight excluding hydrogens is 270 g/mol. The molecule has 1 aliphatic carbocycles. The number of carbonyl (C=O) groups is 1. The molecule has 0 aromatic carbocycles. The van der Waals surface area contributed by atoms with Crippen molar-refractivity contribution in [3.05, 3.63) is 39.1 Å². The van der Waals surface area contributed by atoms with Crippen LogP contribution in [0.3, 0.4) is 0 Å². The standard InChI is InChI=1S/C15H19N3OS/c1-9-11(7-8-16-9)14(19)17-10(2)15-18-12-5-3-4-6-13(12)20-15/h7-8,10,16H,3-6H2,1-2H3,(H,17,19)/t10-/m1/s1. The predicted molar refractivity (Wildman–Crippen MR) is 80.2 cm³/mol. The van der Waals surface area contributed by atoms with E-state index in [4.69, 9.17) is 4.98 Å². The molecule has 1 atom stereocenters. The van der Waals surface area contributed by atoms with E-state index in [-0.39, 0.29) is 11.9 Å². The van der Waals surface area contributed by atoms with Gasteiger partial charge in [-0.05, 0) is 45.6 Å². The SMILES string of the molecule is Cc1[nH]ccc1C(=O)N[C@H](C)c1nc2c(s1)CCCC2. The Kier molecular flexibility index (Phi) is 3.61. The Morgan fingerprint density at radius 3 is 2.95 bits per heavy atom. The molecule has 0 bridgehead atoms. The number of hydrogen-bond donors (Lipinski definition) is 2. The van der Waals surface area contributed by atoms with E-state index in [9.17, 15) is 4.79 Å². The van der Waals surface area contributed by atoms with Crippen molar-refractivity contribution in [2.45, 2.75) is 45.6 Å². The molecule has 1 amide bonds. The highest BCUT2D eigenvalue weighted by molar-refractivity contribution is 7.11. The molecule has 4 nitrogen and oxygen atoms in total. The molecule has 2 aromatic heterocycles. The zero-order chi connectivity index (χ0) is 14.1. The van der Waals surface area contributed by atoms with Crippen LogP contribution in [0.4, 0.5) is 0 Å². The second-order valence-electron chi connectivity index (χ2n) is 5.34. The van der Waals surface area contributed by atoms with Crippen molar-refractivity contribution < 1.29 is 4.79 Å². The maximum absolute atomic E-state index is 12.2. The van der Waals surface area contributed by atoms with E-state index in [1.54, 1.807) is 17.5 Å². The van der Waals surface area contributed by atoms with E-state index in [0.29, 0.717) is 5.56 Å². The summed E-state index contributed by atoms with van der Waals surface area (Å²) in [5, 5.41) is 4.06. The van der Waals surface area contributed by atoms with Crippen LogP contribution in [-0.4, -0.2) is 15.9 Å². The summed E-state index contributed by atoms with van der Waals surface area (Å²) in [5.74, 6) is -0.0376. The Balaban J connectivity index is 1.73. The van der Waals surface area contributed by atoms with Crippen LogP contribution in [0, 0.1) is 6.92 Å². The summed E-state index contributed by atoms with van der Waals surface area (Å²) in [6, 6.07) is 1.77. The molecule has 0 saturated heterocycles. The lowest BCUT2D eigenvalue weighted by molar-refractivity contribution is 0.0939. The van der Waals surface area contributed by atoms with Crippen LogP contribution in [0.25, 0.3) is 0 Å². The number of nitrogens with one attached hydrogen (secondary N) is 2. The Morgan fingerprint density at radius 1 is 1.45 bits per heavy atom. The van der Waals surface area contributed by atoms with Crippen molar-refractivity contribution in [1.29, 1.82) is 0 Å². The summed E-state index contributed by atoms with van der Waals surface area (Å²) >= 11 is 1.75. The quantitative estimate of drug-likeness (QED) is 0.912. The van der Waals surface area contributed by atoms with Gasteiger partial charge in [-0.2, -0.15) is 0 Å². The van der Waals surface area contributed by atoms with Gasteiger partial charge < -0.3 is 10.3 Å². The van der Waals surface area contributed by atoms with Gasteiger partial charge in [-0.25, -0.2) is 4.98 Å². The summed E-state index contributed by atoms with van der Waals surface area (Å²) in [7, 11) is 0. The molecule has 0 unspecified atom stereocenters. The van der Waals surface area contributed by atoms with Crippen molar-refractivity contribution in [1.82, 2.24) is 15.3 Å². The van der Waals surface area contributed by atoms with Crippen molar-refractivity contribution >= 4 is 17.2 Å². The van der Waals surface area contributed by atoms with Crippen molar-refractivity contribution in [3.63, 3.8) is 0 Å². The third-order valence-corrected chi connectivity index (χ3v) is 5.12. The Bertz CT molecular complexity index is 605. The third kappa shape index (κ3) is 2.50. The van der Waals surface area contributed by atoms with Crippen molar-refractivity contribution in [2.75, 3.05) is 0 Å². The molecule has 2 heterocycles. The molecule has 20 heavy (non-hydrogen) atoms. The fraction of sp³-hybridized carbons (Fsp3) is 0.467. The average molecular weight is 289 g/mol. The van der Waals surface area contributed by atoms with E-state index in [1.807, 2.05) is 19.9 Å². The topological polar surface area (TPSA) is 57.8 Å². The second kappa shape index (κ2) is 5.40. The van der Waals surface area contributed by atoms with Gasteiger partial charge in [0.05, 0.1) is 17.3 Å². The van der Waals surface area contributed by atoms with E-state index >= 15 is 0 Å². The summed E-state index contributed by atoms with van der Waals surface area (Å²) in [5.41, 5.74) is 2.85. The zero-order valence-corrected chi connectivity index (χ0v) is 12.6. The van der Waals surface area contributed by atoms with Gasteiger partial charge in [0.25, 0.3) is 5.91 Å². The lowest BCUT2D eigenvalue weighted by Gasteiger charge is -2.10. The number of H-pyrrole nitrogens is 1. The first-order valence-electron chi connectivity index (χ1n) is 7.08. The highest BCUT2D eigenvalue weighted by Gasteiger charge is 2.20. The van der Waals surface area contributed by atoms with Crippen LogP contribution in [0.2, 0.25) is 0 Å². The van der Waals surface area contributed by atoms with Crippen LogP contribution in [0.5, 0.6) is 0 Å². The number of rotatable bonds is 3. The minimum absolute atomic E-state index is 0.0348. The molecule has 1 aliphatic rings. The lowest BCUT2D eigenvalue weighted by atomic mass is 10.0. The van der Waals surface area contributed by atoms with Gasteiger partial charge >= 0.3 is 0 Å². The number of hydrogen-bond acceptors (Lipinski definition) is 3. The van der Waals surface area contributed by atoms with E-state index in [1.165, 1.54) is 23.4 Å². The number of aromatic amines is 1. The van der Waals surface area contributed by atoms with Crippen LogP contribution >= 0.6 is 11.3 Å². The molecule has 3 rings (SSSR count). The first kappa shape index (κ1) is 13.4. The Morgan fingerprint density at radius 2 is 2.25 bits per heavy atom. The van der Waals surface area contributed by atoms with Crippen LogP contribution in [-0.2, 0) is 12.8 Å². The van der Waals surface area contributed by atoms with E-state index < -0.39 is 0 Å². The van der Waals surface area contributed by atoms with Crippen molar-refractivity contribution in [3.8, 4) is 0 Å². The molecule has 0 radical (unpaired) electrons. The molecule has 2 aromatic rings. The summed E-state index contributed by atoms with van der Waals surface area (Å²) in [6.07, 6.45) is 6.52. The molecule has 5 heteroatoms. The van der Waals surface area contributed by atoms with Gasteiger partial charge in [0.2, 0.25) is 0 Å². The Labute approximate surface area is 122 Å². The molecular formula is C15H19N3OS. The van der Waals surface area contributed by atoms with Gasteiger partial charge in [-0.15, -0.1) is 11.3 Å². The van der Waals surface area contributed by atoms with Gasteiger partial charge in [0.1, 0.15) is 5.01 Å². The van der Waals surface area contributed by atoms with Gasteiger partial charge in [-0.1, -0.05) is 0 Å². The van der Waals surface area contributed by atoms with E-state index in [0.717, 1.165) is 23.5 Å². The highest BCUT2D eigenvalue weighted by Crippen LogP contribution is 2.29. The first-order chi connectivity index (χ1) is 9.65. The monoisotopic (exact) mass is 289 g/mol. The van der Waals surface area contributed by atoms with Crippen LogP contribution < -0.4 is 5.32 Å². The first-order valence-corrected chi connectivity index (χ1v) is 7.90. The summed E-state index contributed by atoms with van der Waals surface area (Å²) < 4.78 is 0. The lowest BCUT2D eigenvalue weighted by Crippen LogP contribution is -2.26. The molecule has 0 fully saturated rings. The van der Waals surface area contributed by atoms with Crippen LogP contribution in [0.1, 0.15) is 57.4 Å². The maximum Gasteiger partial charge on any atom is 0.253 e. The van der Waals surface area contributed by atoms with Crippen molar-refractivity contribution in [2.24, 2.45) is 0 Å². The number of thiazole rings is 1. The molecule has 0 spiro atoms. The number of aryl methyl sites for hydroxylation is 3. The second-order valence-corrected chi connectivity index (χ2v) is 6.46. The van der Waals surface area contributed by atoms with Crippen LogP contribution in [0.15, 0.2) is 12.3 Å². The number of aromatic nitrogens is 2. The molecule has 106 valence electrons. The number of carbonyl (C=O) groups excluding carboxylic acids is 1. The zero-order valence-electron chi connectivity index (χ0n) is 11.8. The minimum Gasteiger partial charge on any atom is -0.365 e. The smallest absolute Gasteiger partial charge is 0.253 e. The fourth-order valence-electron chi connectivity index (χ4n) is 2.59. The number of amides is 1. The van der Waals surface area contributed by atoms with E-state index in [2.05, 4.69) is 10.3 Å². The number of fused-ring (bicyclic) bond motifs is 1. The minimum atomic E-state index is -0.0376. The third-order valence-electron chi connectivity index (χ3n) is 3.78. The highest BCUT2D eigenvalue weighted by atomic mass is 32.1. The Hall–Kier alpha value is -1.62. The largest absolute Gasteiger partial charge is 0.365 e. The normalized spacial score (nSPS) is 15.7. The maximum atomic E-state index is 12.2. The summed E-state index contributed by atoms with van der Waals surface area (Å²) in [4.78, 5) is 21.3. The molecule has 0 saturated carbocycles. The van der Waals surface area contributed by atoms with Gasteiger partial charge in [0, 0.05) is 16.8 Å². The molecule has 0 aliphatic heterocycles. The average Bonchev–Trinajstić information content (AvgIpc) is 3.04.